The van der Waals surface area contributed by atoms with Gasteiger partial charge in [-0.05, 0) is 37.6 Å². The van der Waals surface area contributed by atoms with Gasteiger partial charge < -0.3 is 10.6 Å². The van der Waals surface area contributed by atoms with Gasteiger partial charge in [0.1, 0.15) is 10.8 Å². The summed E-state index contributed by atoms with van der Waals surface area (Å²) >= 11 is 5.08. The van der Waals surface area contributed by atoms with Gasteiger partial charge in [0.25, 0.3) is 0 Å². The average molecular weight is 271 g/mol. The summed E-state index contributed by atoms with van der Waals surface area (Å²) in [5.74, 6) is 0.780. The first kappa shape index (κ1) is 13.5. The second-order valence-electron chi connectivity index (χ2n) is 4.59. The van der Waals surface area contributed by atoms with Crippen molar-refractivity contribution in [3.8, 4) is 0 Å². The van der Waals surface area contributed by atoms with Crippen molar-refractivity contribution in [3.63, 3.8) is 0 Å². The van der Waals surface area contributed by atoms with Gasteiger partial charge in [-0.25, -0.2) is 4.98 Å². The van der Waals surface area contributed by atoms with Gasteiger partial charge in [-0.15, -0.1) is 0 Å². The van der Waals surface area contributed by atoms with Gasteiger partial charge >= 0.3 is 0 Å². The number of anilines is 2. The molecule has 0 fully saturated rings. The highest BCUT2D eigenvalue weighted by Gasteiger charge is 2.13. The zero-order valence-corrected chi connectivity index (χ0v) is 12.2. The Hall–Kier alpha value is -1.94. The molecule has 0 unspecified atom stereocenters. The van der Waals surface area contributed by atoms with Crippen LogP contribution in [-0.4, -0.2) is 17.0 Å². The first-order valence-electron chi connectivity index (χ1n) is 6.06. The van der Waals surface area contributed by atoms with E-state index in [-0.39, 0.29) is 0 Å². The predicted molar refractivity (Wildman–Crippen MR) is 84.1 cm³/mol. The van der Waals surface area contributed by atoms with E-state index < -0.39 is 0 Å². The average Bonchev–Trinajstić information content (AvgIpc) is 2.38. The topological polar surface area (TPSA) is 42.2 Å². The molecule has 2 aromatic rings. The Kier molecular flexibility index (Phi) is 3.81. The van der Waals surface area contributed by atoms with E-state index in [0.29, 0.717) is 4.99 Å². The summed E-state index contributed by atoms with van der Waals surface area (Å²) in [6.07, 6.45) is 1.75. The fourth-order valence-electron chi connectivity index (χ4n) is 2.15. The Morgan fingerprint density at radius 3 is 2.63 bits per heavy atom. The van der Waals surface area contributed by atoms with Crippen LogP contribution in [0.5, 0.6) is 0 Å². The van der Waals surface area contributed by atoms with Gasteiger partial charge in [0.05, 0.1) is 5.56 Å². The molecule has 2 rings (SSSR count). The van der Waals surface area contributed by atoms with E-state index in [1.54, 1.807) is 6.20 Å². The van der Waals surface area contributed by atoms with Crippen LogP contribution in [0.4, 0.5) is 11.5 Å². The molecule has 3 nitrogen and oxygen atoms in total. The standard InChI is InChI=1S/C15H17N3S/c1-10-6-7-13(11(2)9-10)18(3)15-12(14(16)19)5-4-8-17-15/h4-9H,1-3H3,(H2,16,19). The molecule has 0 saturated heterocycles. The lowest BCUT2D eigenvalue weighted by Gasteiger charge is -2.23. The van der Waals surface area contributed by atoms with E-state index in [1.165, 1.54) is 11.1 Å². The Bertz CT molecular complexity index is 623. The van der Waals surface area contributed by atoms with Crippen LogP contribution in [0, 0.1) is 13.8 Å². The summed E-state index contributed by atoms with van der Waals surface area (Å²) in [4.78, 5) is 6.78. The second kappa shape index (κ2) is 5.36. The Balaban J connectivity index is 2.50. The van der Waals surface area contributed by atoms with Crippen LogP contribution in [0.3, 0.4) is 0 Å². The molecule has 19 heavy (non-hydrogen) atoms. The van der Waals surface area contributed by atoms with E-state index in [4.69, 9.17) is 18.0 Å². The van der Waals surface area contributed by atoms with Crippen LogP contribution < -0.4 is 10.6 Å². The van der Waals surface area contributed by atoms with Gasteiger partial charge in [-0.2, -0.15) is 0 Å². The molecule has 0 amide bonds. The lowest BCUT2D eigenvalue weighted by atomic mass is 10.1. The summed E-state index contributed by atoms with van der Waals surface area (Å²) in [6, 6.07) is 10.1. The van der Waals surface area contributed by atoms with Crippen molar-refractivity contribution < 1.29 is 0 Å². The minimum Gasteiger partial charge on any atom is -0.389 e. The lowest BCUT2D eigenvalue weighted by molar-refractivity contribution is 1.11. The Labute approximate surface area is 119 Å². The summed E-state index contributed by atoms with van der Waals surface area (Å²) in [6.45, 7) is 4.17. The summed E-state index contributed by atoms with van der Waals surface area (Å²) in [5.41, 5.74) is 10.1. The zero-order valence-electron chi connectivity index (χ0n) is 11.3. The molecule has 0 aliphatic carbocycles. The number of hydrogen-bond donors (Lipinski definition) is 1. The van der Waals surface area contributed by atoms with Crippen LogP contribution >= 0.6 is 12.2 Å². The zero-order chi connectivity index (χ0) is 14.0. The second-order valence-corrected chi connectivity index (χ2v) is 5.03. The maximum atomic E-state index is 5.76. The number of pyridine rings is 1. The van der Waals surface area contributed by atoms with Crippen molar-refractivity contribution >= 4 is 28.7 Å². The highest BCUT2D eigenvalue weighted by Crippen LogP contribution is 2.28. The van der Waals surface area contributed by atoms with E-state index in [2.05, 4.69) is 37.0 Å². The molecule has 1 aromatic carbocycles. The minimum atomic E-state index is 0.361. The number of aryl methyl sites for hydroxylation is 2. The fourth-order valence-corrected chi connectivity index (χ4v) is 2.31. The van der Waals surface area contributed by atoms with Gasteiger partial charge in [-0.3, -0.25) is 0 Å². The van der Waals surface area contributed by atoms with Crippen LogP contribution in [0.2, 0.25) is 0 Å². The highest BCUT2D eigenvalue weighted by molar-refractivity contribution is 7.80. The van der Waals surface area contributed by atoms with Crippen LogP contribution in [0.25, 0.3) is 0 Å². The molecular formula is C15H17N3S. The van der Waals surface area contributed by atoms with Crippen molar-refractivity contribution in [2.24, 2.45) is 5.73 Å². The minimum absolute atomic E-state index is 0.361. The summed E-state index contributed by atoms with van der Waals surface area (Å²) < 4.78 is 0. The third kappa shape index (κ3) is 2.74. The van der Waals surface area contributed by atoms with E-state index >= 15 is 0 Å². The molecule has 98 valence electrons. The van der Waals surface area contributed by atoms with Gasteiger partial charge in [0.2, 0.25) is 0 Å². The first-order chi connectivity index (χ1) is 9.00. The third-order valence-electron chi connectivity index (χ3n) is 3.08. The molecule has 1 heterocycles. The van der Waals surface area contributed by atoms with E-state index in [9.17, 15) is 0 Å². The molecule has 4 heteroatoms. The van der Waals surface area contributed by atoms with Crippen LogP contribution in [0.1, 0.15) is 16.7 Å². The molecule has 0 aliphatic rings. The molecule has 0 spiro atoms. The van der Waals surface area contributed by atoms with Crippen molar-refractivity contribution in [1.82, 2.24) is 4.98 Å². The van der Waals surface area contributed by atoms with Gasteiger partial charge in [-0.1, -0.05) is 29.9 Å². The SMILES string of the molecule is Cc1ccc(N(C)c2ncccc2C(N)=S)c(C)c1. The van der Waals surface area contributed by atoms with E-state index in [1.807, 2.05) is 24.1 Å². The van der Waals surface area contributed by atoms with Gasteiger partial charge in [0.15, 0.2) is 0 Å². The number of hydrogen-bond acceptors (Lipinski definition) is 3. The molecule has 0 radical (unpaired) electrons. The van der Waals surface area contributed by atoms with Gasteiger partial charge in [0, 0.05) is 18.9 Å². The molecule has 0 bridgehead atoms. The fraction of sp³-hybridized carbons (Fsp3) is 0.200. The monoisotopic (exact) mass is 271 g/mol. The molecule has 0 aliphatic heterocycles. The number of thiocarbonyl (C=S) groups is 1. The molecule has 2 N–H and O–H groups in total. The normalized spacial score (nSPS) is 10.3. The third-order valence-corrected chi connectivity index (χ3v) is 3.30. The predicted octanol–water partition coefficient (Wildman–Crippen LogP) is 3.10. The number of nitrogens with zero attached hydrogens (tertiary/aromatic N) is 2. The van der Waals surface area contributed by atoms with Crippen LogP contribution in [-0.2, 0) is 0 Å². The smallest absolute Gasteiger partial charge is 0.142 e. The number of nitrogens with two attached hydrogens (primary N) is 1. The number of benzene rings is 1. The Morgan fingerprint density at radius 2 is 2.00 bits per heavy atom. The maximum absolute atomic E-state index is 5.76. The van der Waals surface area contributed by atoms with Crippen molar-refractivity contribution in [3.05, 3.63) is 53.2 Å². The van der Waals surface area contributed by atoms with E-state index in [0.717, 1.165) is 17.1 Å². The lowest BCUT2D eigenvalue weighted by Crippen LogP contribution is -2.19. The van der Waals surface area contributed by atoms with Crippen molar-refractivity contribution in [1.29, 1.82) is 0 Å². The number of rotatable bonds is 3. The van der Waals surface area contributed by atoms with Crippen LogP contribution in [0.15, 0.2) is 36.5 Å². The first-order valence-corrected chi connectivity index (χ1v) is 6.47. The summed E-state index contributed by atoms with van der Waals surface area (Å²) in [5, 5.41) is 0. The van der Waals surface area contributed by atoms with Crippen molar-refractivity contribution in [2.45, 2.75) is 13.8 Å². The highest BCUT2D eigenvalue weighted by atomic mass is 32.1. The summed E-state index contributed by atoms with van der Waals surface area (Å²) in [7, 11) is 1.97. The molecule has 1 aromatic heterocycles. The number of aromatic nitrogens is 1. The van der Waals surface area contributed by atoms with Crippen molar-refractivity contribution in [2.75, 3.05) is 11.9 Å². The largest absolute Gasteiger partial charge is 0.389 e. The molecule has 0 saturated carbocycles. The maximum Gasteiger partial charge on any atom is 0.142 e. The Morgan fingerprint density at radius 1 is 1.26 bits per heavy atom. The molecule has 0 atom stereocenters. The molecular weight excluding hydrogens is 254 g/mol. The quantitative estimate of drug-likeness (QED) is 0.871.